The molecule has 7 heteroatoms. The highest BCUT2D eigenvalue weighted by Crippen LogP contribution is 2.22. The van der Waals surface area contributed by atoms with Crippen LogP contribution in [0.4, 0.5) is 0 Å². The van der Waals surface area contributed by atoms with Crippen molar-refractivity contribution in [1.82, 2.24) is 5.32 Å². The number of carbonyl (C=O) groups is 1. The average Bonchev–Trinajstić information content (AvgIpc) is 2.78. The van der Waals surface area contributed by atoms with Gasteiger partial charge in [-0.25, -0.2) is 8.42 Å². The minimum atomic E-state index is -2.93. The Balaban J connectivity index is 1.89. The number of hydrogen-bond donors (Lipinski definition) is 1. The van der Waals surface area contributed by atoms with Crippen LogP contribution in [0.15, 0.2) is 24.3 Å². The number of carbonyl (C=O) groups excluding carboxylic acids is 1. The standard InChI is InChI=1S/C15H20ClNO4S/c1-15(2,21-13-5-3-12(16)4-6-13)14(18)17-9-11-7-8-22(19,20)10-11/h3-6,11H,7-10H2,1-2H3,(H,17,18)/t11-/m1/s1. The summed E-state index contributed by atoms with van der Waals surface area (Å²) in [6.07, 6.45) is 0.598. The van der Waals surface area contributed by atoms with E-state index in [9.17, 15) is 13.2 Å². The van der Waals surface area contributed by atoms with Gasteiger partial charge in [0.05, 0.1) is 11.5 Å². The third kappa shape index (κ3) is 4.61. The molecule has 0 saturated carbocycles. The van der Waals surface area contributed by atoms with Crippen molar-refractivity contribution < 1.29 is 17.9 Å². The molecule has 2 rings (SSSR count). The molecule has 1 fully saturated rings. The molecule has 22 heavy (non-hydrogen) atoms. The molecule has 1 atom stereocenters. The molecule has 0 aliphatic carbocycles. The van der Waals surface area contributed by atoms with Gasteiger partial charge in [-0.3, -0.25) is 4.79 Å². The Bertz CT molecular complexity index is 640. The van der Waals surface area contributed by atoms with Crippen LogP contribution in [-0.4, -0.2) is 38.0 Å². The van der Waals surface area contributed by atoms with Gasteiger partial charge < -0.3 is 10.1 Å². The highest BCUT2D eigenvalue weighted by atomic mass is 35.5. The molecule has 5 nitrogen and oxygen atoms in total. The van der Waals surface area contributed by atoms with Crippen molar-refractivity contribution in [1.29, 1.82) is 0 Å². The summed E-state index contributed by atoms with van der Waals surface area (Å²) in [5.74, 6) is 0.615. The zero-order valence-electron chi connectivity index (χ0n) is 12.6. The smallest absolute Gasteiger partial charge is 0.263 e. The molecule has 1 heterocycles. The largest absolute Gasteiger partial charge is 0.478 e. The first kappa shape index (κ1) is 17.1. The maximum Gasteiger partial charge on any atom is 0.263 e. The summed E-state index contributed by atoms with van der Waals surface area (Å²) in [5, 5.41) is 3.37. The number of amides is 1. The van der Waals surface area contributed by atoms with Crippen LogP contribution in [-0.2, 0) is 14.6 Å². The molecule has 1 aromatic carbocycles. The summed E-state index contributed by atoms with van der Waals surface area (Å²) in [5.41, 5.74) is -1.05. The second-order valence-electron chi connectivity index (χ2n) is 6.05. The summed E-state index contributed by atoms with van der Waals surface area (Å²) in [6.45, 7) is 3.69. The predicted octanol–water partition coefficient (Wildman–Crippen LogP) is 2.05. The van der Waals surface area contributed by atoms with Crippen molar-refractivity contribution in [3.63, 3.8) is 0 Å². The number of rotatable bonds is 5. The van der Waals surface area contributed by atoms with E-state index in [4.69, 9.17) is 16.3 Å². The van der Waals surface area contributed by atoms with Crippen LogP contribution in [0.3, 0.4) is 0 Å². The fourth-order valence-electron chi connectivity index (χ4n) is 2.33. The van der Waals surface area contributed by atoms with Crippen LogP contribution in [0.25, 0.3) is 0 Å². The highest BCUT2D eigenvalue weighted by Gasteiger charge is 2.32. The molecule has 0 aromatic heterocycles. The molecule has 0 unspecified atom stereocenters. The third-order valence-electron chi connectivity index (χ3n) is 3.61. The van der Waals surface area contributed by atoms with Gasteiger partial charge in [0, 0.05) is 11.6 Å². The van der Waals surface area contributed by atoms with Gasteiger partial charge in [0.2, 0.25) is 0 Å². The van der Waals surface area contributed by atoms with E-state index in [2.05, 4.69) is 5.32 Å². The Kier molecular flexibility index (Phi) is 5.02. The SMILES string of the molecule is CC(C)(Oc1ccc(Cl)cc1)C(=O)NC[C@H]1CCS(=O)(=O)C1. The maximum atomic E-state index is 12.2. The summed E-state index contributed by atoms with van der Waals surface area (Å²) in [7, 11) is -2.93. The molecule has 1 aliphatic heterocycles. The van der Waals surface area contributed by atoms with Crippen LogP contribution in [0.1, 0.15) is 20.3 Å². The fourth-order valence-corrected chi connectivity index (χ4v) is 4.31. The van der Waals surface area contributed by atoms with Gasteiger partial charge in [-0.15, -0.1) is 0 Å². The molecule has 1 saturated heterocycles. The van der Waals surface area contributed by atoms with Crippen LogP contribution < -0.4 is 10.1 Å². The van der Waals surface area contributed by atoms with Gasteiger partial charge in [0.25, 0.3) is 5.91 Å². The Labute approximate surface area is 135 Å². The first-order chi connectivity index (χ1) is 10.2. The lowest BCUT2D eigenvalue weighted by Crippen LogP contribution is -2.47. The van der Waals surface area contributed by atoms with Gasteiger partial charge in [0.15, 0.2) is 15.4 Å². The van der Waals surface area contributed by atoms with Crippen LogP contribution in [0.2, 0.25) is 5.02 Å². The summed E-state index contributed by atoms with van der Waals surface area (Å²) >= 11 is 5.81. The van der Waals surface area contributed by atoms with Crippen molar-refractivity contribution >= 4 is 27.3 Å². The molecule has 1 N–H and O–H groups in total. The second-order valence-corrected chi connectivity index (χ2v) is 8.71. The number of ether oxygens (including phenoxy) is 1. The van der Waals surface area contributed by atoms with E-state index in [0.29, 0.717) is 23.7 Å². The van der Waals surface area contributed by atoms with Crippen LogP contribution >= 0.6 is 11.6 Å². The minimum Gasteiger partial charge on any atom is -0.478 e. The van der Waals surface area contributed by atoms with Gasteiger partial charge in [-0.05, 0) is 50.5 Å². The molecule has 122 valence electrons. The van der Waals surface area contributed by atoms with E-state index in [1.165, 1.54) is 0 Å². The lowest BCUT2D eigenvalue weighted by Gasteiger charge is -2.26. The monoisotopic (exact) mass is 345 g/mol. The van der Waals surface area contributed by atoms with Gasteiger partial charge in [0.1, 0.15) is 5.75 Å². The Hall–Kier alpha value is -1.27. The first-order valence-corrected chi connectivity index (χ1v) is 9.31. The van der Waals surface area contributed by atoms with Crippen molar-refractivity contribution in [2.75, 3.05) is 18.1 Å². The van der Waals surface area contributed by atoms with Crippen molar-refractivity contribution in [3.05, 3.63) is 29.3 Å². The topological polar surface area (TPSA) is 72.5 Å². The minimum absolute atomic E-state index is 0.0136. The average molecular weight is 346 g/mol. The van der Waals surface area contributed by atoms with Gasteiger partial charge in [-0.1, -0.05) is 11.6 Å². The van der Waals surface area contributed by atoms with Crippen molar-refractivity contribution in [3.8, 4) is 5.75 Å². The zero-order chi connectivity index (χ0) is 16.4. The molecule has 1 aromatic rings. The lowest BCUT2D eigenvalue weighted by atomic mass is 10.1. The van der Waals surface area contributed by atoms with Crippen LogP contribution in [0.5, 0.6) is 5.75 Å². The quantitative estimate of drug-likeness (QED) is 0.886. The van der Waals surface area contributed by atoms with Crippen molar-refractivity contribution in [2.24, 2.45) is 5.92 Å². The molecule has 1 aliphatic rings. The first-order valence-electron chi connectivity index (χ1n) is 7.11. The summed E-state index contributed by atoms with van der Waals surface area (Å²) in [6, 6.07) is 6.77. The summed E-state index contributed by atoms with van der Waals surface area (Å²) in [4.78, 5) is 12.2. The number of nitrogens with one attached hydrogen (secondary N) is 1. The van der Waals surface area contributed by atoms with Gasteiger partial charge >= 0.3 is 0 Å². The van der Waals surface area contributed by atoms with E-state index in [1.807, 2.05) is 0 Å². The normalized spacial score (nSPS) is 20.6. The number of hydrogen-bond acceptors (Lipinski definition) is 4. The van der Waals surface area contributed by atoms with E-state index in [1.54, 1.807) is 38.1 Å². The highest BCUT2D eigenvalue weighted by molar-refractivity contribution is 7.91. The number of sulfone groups is 1. The Morgan fingerprint density at radius 3 is 2.55 bits per heavy atom. The molecule has 1 amide bonds. The molecular formula is C15H20ClNO4S. The molecular weight excluding hydrogens is 326 g/mol. The Morgan fingerprint density at radius 2 is 2.00 bits per heavy atom. The zero-order valence-corrected chi connectivity index (χ0v) is 14.2. The third-order valence-corrected chi connectivity index (χ3v) is 5.70. The number of halogens is 1. The molecule has 0 radical (unpaired) electrons. The van der Waals surface area contributed by atoms with Crippen LogP contribution in [0, 0.1) is 5.92 Å². The fraction of sp³-hybridized carbons (Fsp3) is 0.533. The summed E-state index contributed by atoms with van der Waals surface area (Å²) < 4.78 is 28.5. The van der Waals surface area contributed by atoms with E-state index < -0.39 is 15.4 Å². The predicted molar refractivity (Wildman–Crippen MR) is 85.9 cm³/mol. The number of benzene rings is 1. The lowest BCUT2D eigenvalue weighted by molar-refractivity contribution is -0.134. The molecule has 0 bridgehead atoms. The van der Waals surface area contributed by atoms with Crippen molar-refractivity contribution in [2.45, 2.75) is 25.9 Å². The van der Waals surface area contributed by atoms with E-state index in [0.717, 1.165) is 0 Å². The maximum absolute atomic E-state index is 12.2. The van der Waals surface area contributed by atoms with Gasteiger partial charge in [-0.2, -0.15) is 0 Å². The van der Waals surface area contributed by atoms with E-state index in [-0.39, 0.29) is 23.3 Å². The van der Waals surface area contributed by atoms with E-state index >= 15 is 0 Å². The molecule has 0 spiro atoms. The second kappa shape index (κ2) is 6.46. The Morgan fingerprint density at radius 1 is 1.36 bits per heavy atom.